The summed E-state index contributed by atoms with van der Waals surface area (Å²) in [4.78, 5) is 22.9. The SMILES string of the molecule is CCCCC1(C)C(=O)N(Cl)C(=O)N1Cl. The van der Waals surface area contributed by atoms with Gasteiger partial charge in [-0.25, -0.2) is 9.21 Å². The maximum absolute atomic E-state index is 11.6. The van der Waals surface area contributed by atoms with Crippen molar-refractivity contribution >= 4 is 35.5 Å². The molecule has 0 spiro atoms. The number of imide groups is 1. The molecule has 14 heavy (non-hydrogen) atoms. The summed E-state index contributed by atoms with van der Waals surface area (Å²) in [5.41, 5.74) is -0.990. The molecule has 0 saturated carbocycles. The van der Waals surface area contributed by atoms with E-state index >= 15 is 0 Å². The van der Waals surface area contributed by atoms with Gasteiger partial charge in [-0.3, -0.25) is 4.79 Å². The zero-order valence-corrected chi connectivity index (χ0v) is 9.60. The van der Waals surface area contributed by atoms with Crippen molar-refractivity contribution in [3.8, 4) is 0 Å². The van der Waals surface area contributed by atoms with Crippen LogP contribution in [0.25, 0.3) is 0 Å². The van der Waals surface area contributed by atoms with Crippen LogP contribution < -0.4 is 0 Å². The fourth-order valence-corrected chi connectivity index (χ4v) is 1.93. The van der Waals surface area contributed by atoms with Crippen LogP contribution in [0.1, 0.15) is 33.1 Å². The summed E-state index contributed by atoms with van der Waals surface area (Å²) < 4.78 is 1.43. The van der Waals surface area contributed by atoms with Crippen LogP contribution in [-0.4, -0.2) is 26.3 Å². The average molecular weight is 239 g/mol. The number of nitrogens with zero attached hydrogens (tertiary/aromatic N) is 2. The topological polar surface area (TPSA) is 40.6 Å². The van der Waals surface area contributed by atoms with Crippen LogP contribution in [0.4, 0.5) is 4.79 Å². The van der Waals surface area contributed by atoms with Crippen molar-refractivity contribution in [1.82, 2.24) is 8.84 Å². The van der Waals surface area contributed by atoms with E-state index in [9.17, 15) is 9.59 Å². The smallest absolute Gasteiger partial charge is 0.270 e. The molecule has 1 atom stereocenters. The van der Waals surface area contributed by atoms with Crippen molar-refractivity contribution in [2.75, 3.05) is 0 Å². The molecule has 0 N–H and O–H groups in total. The van der Waals surface area contributed by atoms with Gasteiger partial charge in [-0.05, 0) is 13.3 Å². The molecule has 80 valence electrons. The Morgan fingerprint density at radius 2 is 1.93 bits per heavy atom. The number of unbranched alkanes of at least 4 members (excludes halogenated alkanes) is 1. The Bertz CT molecular complexity index is 272. The van der Waals surface area contributed by atoms with Crippen LogP contribution in [0.5, 0.6) is 0 Å². The van der Waals surface area contributed by atoms with E-state index in [1.807, 2.05) is 6.92 Å². The van der Waals surface area contributed by atoms with Crippen molar-refractivity contribution in [3.05, 3.63) is 0 Å². The van der Waals surface area contributed by atoms with Gasteiger partial charge in [0.15, 0.2) is 0 Å². The molecule has 0 aromatic carbocycles. The molecular formula is C8H12Cl2N2O2. The molecule has 1 rings (SSSR count). The fraction of sp³-hybridized carbons (Fsp3) is 0.750. The molecule has 3 amide bonds. The largest absolute Gasteiger partial charge is 0.357 e. The van der Waals surface area contributed by atoms with Crippen LogP contribution in [0, 0.1) is 0 Å². The molecule has 4 nitrogen and oxygen atoms in total. The quantitative estimate of drug-likeness (QED) is 0.560. The second-order valence-corrected chi connectivity index (χ2v) is 4.20. The van der Waals surface area contributed by atoms with Crippen LogP contribution in [0.3, 0.4) is 0 Å². The summed E-state index contributed by atoms with van der Waals surface area (Å²) in [6.07, 6.45) is 2.29. The predicted molar refractivity (Wildman–Crippen MR) is 53.7 cm³/mol. The summed E-state index contributed by atoms with van der Waals surface area (Å²) >= 11 is 11.2. The van der Waals surface area contributed by atoms with Gasteiger partial charge in [-0.1, -0.05) is 19.8 Å². The van der Waals surface area contributed by atoms with Crippen LogP contribution in [0.2, 0.25) is 0 Å². The first kappa shape index (κ1) is 11.6. The molecule has 1 unspecified atom stereocenters. The highest BCUT2D eigenvalue weighted by Crippen LogP contribution is 2.34. The van der Waals surface area contributed by atoms with Gasteiger partial charge in [0.1, 0.15) is 5.54 Å². The van der Waals surface area contributed by atoms with E-state index in [2.05, 4.69) is 0 Å². The number of halogens is 2. The maximum atomic E-state index is 11.6. The van der Waals surface area contributed by atoms with Crippen molar-refractivity contribution in [3.63, 3.8) is 0 Å². The van der Waals surface area contributed by atoms with E-state index in [0.29, 0.717) is 10.8 Å². The molecule has 0 bridgehead atoms. The molecule has 0 aliphatic carbocycles. The van der Waals surface area contributed by atoms with Gasteiger partial charge >= 0.3 is 6.03 Å². The lowest BCUT2D eigenvalue weighted by Crippen LogP contribution is -2.41. The number of hydrogen-bond donors (Lipinski definition) is 0. The van der Waals surface area contributed by atoms with Crippen LogP contribution in [-0.2, 0) is 4.79 Å². The Hall–Kier alpha value is -0.480. The summed E-state index contributed by atoms with van der Waals surface area (Å²) in [6.45, 7) is 3.62. The van der Waals surface area contributed by atoms with Crippen LogP contribution >= 0.6 is 23.6 Å². The fourth-order valence-electron chi connectivity index (χ4n) is 1.40. The summed E-state index contributed by atoms with van der Waals surface area (Å²) in [5, 5.41) is 0. The van der Waals surface area contributed by atoms with Crippen molar-refractivity contribution in [2.24, 2.45) is 0 Å². The number of amides is 3. The monoisotopic (exact) mass is 238 g/mol. The highest BCUT2D eigenvalue weighted by molar-refractivity contribution is 6.39. The van der Waals surface area contributed by atoms with Gasteiger partial charge in [-0.15, -0.1) is 0 Å². The van der Waals surface area contributed by atoms with Crippen LogP contribution in [0.15, 0.2) is 0 Å². The van der Waals surface area contributed by atoms with Gasteiger partial charge in [0.05, 0.1) is 0 Å². The Morgan fingerprint density at radius 1 is 1.36 bits per heavy atom. The Balaban J connectivity index is 2.87. The summed E-state index contributed by atoms with van der Waals surface area (Å²) in [6, 6.07) is -0.670. The van der Waals surface area contributed by atoms with Gasteiger partial charge in [0.25, 0.3) is 5.91 Å². The molecule has 1 fully saturated rings. The number of carbonyl (C=O) groups is 2. The van der Waals surface area contributed by atoms with E-state index in [1.165, 1.54) is 0 Å². The average Bonchev–Trinajstić information content (AvgIpc) is 2.32. The first-order chi connectivity index (χ1) is 6.45. The zero-order chi connectivity index (χ0) is 10.9. The summed E-state index contributed by atoms with van der Waals surface area (Å²) in [7, 11) is 0. The van der Waals surface area contributed by atoms with E-state index in [-0.39, 0.29) is 0 Å². The normalized spacial score (nSPS) is 27.7. The first-order valence-corrected chi connectivity index (χ1v) is 5.13. The molecule has 6 heteroatoms. The molecule has 0 aromatic rings. The Kier molecular flexibility index (Phi) is 3.27. The molecular weight excluding hydrogens is 227 g/mol. The Labute approximate surface area is 93.0 Å². The third-order valence-corrected chi connectivity index (χ3v) is 3.24. The lowest BCUT2D eigenvalue weighted by atomic mass is 9.95. The zero-order valence-electron chi connectivity index (χ0n) is 8.09. The number of hydrogen-bond acceptors (Lipinski definition) is 2. The third kappa shape index (κ3) is 1.57. The highest BCUT2D eigenvalue weighted by atomic mass is 35.5. The predicted octanol–water partition coefficient (Wildman–Crippen LogP) is 2.51. The molecule has 1 aliphatic heterocycles. The Morgan fingerprint density at radius 3 is 2.29 bits per heavy atom. The highest BCUT2D eigenvalue weighted by Gasteiger charge is 2.53. The van der Waals surface area contributed by atoms with Gasteiger partial charge in [-0.2, -0.15) is 4.42 Å². The first-order valence-electron chi connectivity index (χ1n) is 4.45. The number of urea groups is 1. The van der Waals surface area contributed by atoms with Crippen molar-refractivity contribution < 1.29 is 9.59 Å². The number of carbonyl (C=O) groups excluding carboxylic acids is 2. The second kappa shape index (κ2) is 3.95. The van der Waals surface area contributed by atoms with E-state index in [1.54, 1.807) is 6.92 Å². The molecule has 1 aliphatic rings. The minimum atomic E-state index is -0.990. The van der Waals surface area contributed by atoms with E-state index < -0.39 is 17.5 Å². The summed E-state index contributed by atoms with van der Waals surface area (Å²) in [5.74, 6) is -0.451. The standard InChI is InChI=1S/C8H12Cl2N2O2/c1-3-4-5-8(2)6(13)11(9)7(14)12(8)10/h3-5H2,1-2H3. The lowest BCUT2D eigenvalue weighted by Gasteiger charge is -2.25. The minimum Gasteiger partial charge on any atom is -0.270 e. The van der Waals surface area contributed by atoms with Crippen molar-refractivity contribution in [1.29, 1.82) is 0 Å². The lowest BCUT2D eigenvalue weighted by molar-refractivity contribution is -0.128. The molecule has 0 aromatic heterocycles. The van der Waals surface area contributed by atoms with E-state index in [0.717, 1.165) is 17.3 Å². The second-order valence-electron chi connectivity index (χ2n) is 3.53. The van der Waals surface area contributed by atoms with Gasteiger partial charge < -0.3 is 0 Å². The minimum absolute atomic E-state index is 0.451. The van der Waals surface area contributed by atoms with Gasteiger partial charge in [0, 0.05) is 23.6 Å². The molecule has 0 radical (unpaired) electrons. The maximum Gasteiger partial charge on any atom is 0.357 e. The number of rotatable bonds is 3. The van der Waals surface area contributed by atoms with Crippen molar-refractivity contribution in [2.45, 2.75) is 38.6 Å². The molecule has 1 heterocycles. The third-order valence-electron chi connectivity index (χ3n) is 2.43. The van der Waals surface area contributed by atoms with Gasteiger partial charge in [0.2, 0.25) is 0 Å². The van der Waals surface area contributed by atoms with E-state index in [4.69, 9.17) is 23.6 Å². The molecule has 1 saturated heterocycles.